The summed E-state index contributed by atoms with van der Waals surface area (Å²) in [6.07, 6.45) is 0. The van der Waals surface area contributed by atoms with E-state index >= 15 is 0 Å². The molecule has 1 aromatic carbocycles. The molecule has 0 fully saturated rings. The second kappa shape index (κ2) is 6.12. The minimum Gasteiger partial charge on any atom is -0.454 e. The fourth-order valence-electron chi connectivity index (χ4n) is 2.45. The van der Waals surface area contributed by atoms with Crippen molar-refractivity contribution in [2.24, 2.45) is 5.92 Å². The first-order valence-electron chi connectivity index (χ1n) is 7.39. The third-order valence-electron chi connectivity index (χ3n) is 3.46. The molecule has 1 aliphatic rings. The van der Waals surface area contributed by atoms with Crippen LogP contribution < -0.4 is 14.8 Å². The molecular weight excluding hydrogens is 318 g/mol. The summed E-state index contributed by atoms with van der Waals surface area (Å²) in [5.41, 5.74) is 1.62. The number of halogens is 1. The second-order valence-corrected chi connectivity index (χ2v) is 6.21. The van der Waals surface area contributed by atoms with E-state index in [0.717, 1.165) is 0 Å². The summed E-state index contributed by atoms with van der Waals surface area (Å²) in [5, 5.41) is 7.53. The lowest BCUT2D eigenvalue weighted by atomic mass is 10.2. The summed E-state index contributed by atoms with van der Waals surface area (Å²) in [5.74, 6) is 1.38. The molecule has 1 amide bonds. The second-order valence-electron chi connectivity index (χ2n) is 5.85. The van der Waals surface area contributed by atoms with Crippen LogP contribution in [-0.4, -0.2) is 22.5 Å². The number of anilines is 1. The van der Waals surface area contributed by atoms with E-state index in [1.165, 1.54) is 0 Å². The molecule has 1 aliphatic heterocycles. The number of rotatable bonds is 4. The Bertz CT molecular complexity index is 755. The van der Waals surface area contributed by atoms with Crippen molar-refractivity contribution in [3.8, 4) is 11.5 Å². The fraction of sp³-hybridized carbons (Fsp3) is 0.375. The van der Waals surface area contributed by atoms with Gasteiger partial charge in [0.15, 0.2) is 11.5 Å². The summed E-state index contributed by atoms with van der Waals surface area (Å²) in [6, 6.07) is 5.24. The fourth-order valence-corrected chi connectivity index (χ4v) is 2.78. The first-order valence-corrected chi connectivity index (χ1v) is 7.77. The smallest absolute Gasteiger partial charge is 0.260 e. The Kier molecular flexibility index (Phi) is 4.17. The Labute approximate surface area is 139 Å². The first kappa shape index (κ1) is 15.7. The molecule has 1 aromatic heterocycles. The van der Waals surface area contributed by atoms with Crippen LogP contribution in [-0.2, 0) is 6.54 Å². The maximum atomic E-state index is 12.5. The summed E-state index contributed by atoms with van der Waals surface area (Å²) in [7, 11) is 0. The van der Waals surface area contributed by atoms with E-state index in [-0.39, 0.29) is 12.7 Å². The molecule has 0 radical (unpaired) electrons. The quantitative estimate of drug-likeness (QED) is 0.929. The van der Waals surface area contributed by atoms with Crippen LogP contribution in [0.15, 0.2) is 18.2 Å². The number of aromatic nitrogens is 2. The van der Waals surface area contributed by atoms with Gasteiger partial charge in [-0.15, -0.1) is 0 Å². The highest BCUT2D eigenvalue weighted by molar-refractivity contribution is 6.33. The molecule has 6 nitrogen and oxygen atoms in total. The third kappa shape index (κ3) is 3.12. The Hall–Kier alpha value is -2.21. The summed E-state index contributed by atoms with van der Waals surface area (Å²) in [4.78, 5) is 12.5. The zero-order valence-corrected chi connectivity index (χ0v) is 14.0. The van der Waals surface area contributed by atoms with Crippen LogP contribution in [0.4, 0.5) is 5.69 Å². The van der Waals surface area contributed by atoms with Gasteiger partial charge >= 0.3 is 0 Å². The maximum absolute atomic E-state index is 12.5. The SMILES string of the molecule is Cc1nn(CC(C)C)c(Cl)c1C(=O)Nc1ccc2c(c1)OCO2. The molecule has 3 rings (SSSR count). The number of hydrogen-bond acceptors (Lipinski definition) is 4. The topological polar surface area (TPSA) is 65.4 Å². The summed E-state index contributed by atoms with van der Waals surface area (Å²) >= 11 is 6.32. The molecule has 0 spiro atoms. The number of nitrogens with one attached hydrogen (secondary N) is 1. The maximum Gasteiger partial charge on any atom is 0.260 e. The van der Waals surface area contributed by atoms with Crippen molar-refractivity contribution in [3.05, 3.63) is 34.6 Å². The van der Waals surface area contributed by atoms with E-state index in [1.54, 1.807) is 29.8 Å². The van der Waals surface area contributed by atoms with E-state index in [2.05, 4.69) is 24.3 Å². The molecule has 122 valence electrons. The predicted molar refractivity (Wildman–Crippen MR) is 87.3 cm³/mol. The lowest BCUT2D eigenvalue weighted by Gasteiger charge is -2.07. The van der Waals surface area contributed by atoms with Gasteiger partial charge in [-0.25, -0.2) is 0 Å². The molecule has 2 heterocycles. The molecule has 0 atom stereocenters. The molecule has 0 aliphatic carbocycles. The van der Waals surface area contributed by atoms with Crippen LogP contribution in [0.1, 0.15) is 29.9 Å². The van der Waals surface area contributed by atoms with Gasteiger partial charge in [0, 0.05) is 18.3 Å². The van der Waals surface area contributed by atoms with Crippen LogP contribution in [0, 0.1) is 12.8 Å². The highest BCUT2D eigenvalue weighted by atomic mass is 35.5. The van der Waals surface area contributed by atoms with Crippen molar-refractivity contribution in [1.82, 2.24) is 9.78 Å². The van der Waals surface area contributed by atoms with Gasteiger partial charge in [-0.05, 0) is 25.0 Å². The van der Waals surface area contributed by atoms with E-state index in [0.29, 0.717) is 46.1 Å². The minimum absolute atomic E-state index is 0.194. The van der Waals surface area contributed by atoms with Crippen molar-refractivity contribution in [2.75, 3.05) is 12.1 Å². The van der Waals surface area contributed by atoms with E-state index in [9.17, 15) is 4.79 Å². The van der Waals surface area contributed by atoms with E-state index < -0.39 is 0 Å². The zero-order valence-electron chi connectivity index (χ0n) is 13.2. The minimum atomic E-state index is -0.290. The highest BCUT2D eigenvalue weighted by Gasteiger charge is 2.21. The molecule has 2 aromatic rings. The number of aryl methyl sites for hydroxylation is 1. The Balaban J connectivity index is 1.82. The third-order valence-corrected chi connectivity index (χ3v) is 3.85. The molecule has 0 saturated carbocycles. The van der Waals surface area contributed by atoms with Crippen LogP contribution in [0.5, 0.6) is 11.5 Å². The van der Waals surface area contributed by atoms with Crippen LogP contribution in [0.25, 0.3) is 0 Å². The number of carbonyl (C=O) groups excluding carboxylic acids is 1. The molecule has 7 heteroatoms. The van der Waals surface area contributed by atoms with Crippen molar-refractivity contribution in [1.29, 1.82) is 0 Å². The number of benzene rings is 1. The largest absolute Gasteiger partial charge is 0.454 e. The number of hydrogen-bond donors (Lipinski definition) is 1. The number of fused-ring (bicyclic) bond motifs is 1. The monoisotopic (exact) mass is 335 g/mol. The van der Waals surface area contributed by atoms with Crippen LogP contribution in [0.2, 0.25) is 5.15 Å². The molecule has 1 N–H and O–H groups in total. The zero-order chi connectivity index (χ0) is 16.6. The van der Waals surface area contributed by atoms with Gasteiger partial charge in [0.1, 0.15) is 5.15 Å². The van der Waals surface area contributed by atoms with Gasteiger partial charge in [-0.3, -0.25) is 9.48 Å². The number of amides is 1. The van der Waals surface area contributed by atoms with Gasteiger partial charge in [0.05, 0.1) is 11.3 Å². The number of ether oxygens (including phenoxy) is 2. The van der Waals surface area contributed by atoms with Crippen molar-refractivity contribution in [2.45, 2.75) is 27.3 Å². The molecular formula is C16H18ClN3O3. The normalized spacial score (nSPS) is 12.7. The van der Waals surface area contributed by atoms with Crippen molar-refractivity contribution in [3.63, 3.8) is 0 Å². The number of nitrogens with zero attached hydrogens (tertiary/aromatic N) is 2. The average molecular weight is 336 g/mol. The standard InChI is InChI=1S/C16H18ClN3O3/c1-9(2)7-20-15(17)14(10(3)19-20)16(21)18-11-4-5-12-13(6-11)23-8-22-12/h4-6,9H,7-8H2,1-3H3,(H,18,21). The summed E-state index contributed by atoms with van der Waals surface area (Å²) in [6.45, 7) is 6.77. The van der Waals surface area contributed by atoms with Gasteiger partial charge in [-0.2, -0.15) is 5.10 Å². The van der Waals surface area contributed by atoms with Gasteiger partial charge < -0.3 is 14.8 Å². The predicted octanol–water partition coefficient (Wildman–Crippen LogP) is 3.48. The number of carbonyl (C=O) groups is 1. The van der Waals surface area contributed by atoms with Gasteiger partial charge in [0.25, 0.3) is 5.91 Å². The Morgan fingerprint density at radius 3 is 2.87 bits per heavy atom. The first-order chi connectivity index (χ1) is 11.0. The van der Waals surface area contributed by atoms with E-state index in [1.807, 2.05) is 0 Å². The Morgan fingerprint density at radius 2 is 2.13 bits per heavy atom. The summed E-state index contributed by atoms with van der Waals surface area (Å²) < 4.78 is 12.2. The molecule has 0 saturated heterocycles. The Morgan fingerprint density at radius 1 is 1.39 bits per heavy atom. The molecule has 0 bridgehead atoms. The average Bonchev–Trinajstić information content (AvgIpc) is 3.03. The molecule has 23 heavy (non-hydrogen) atoms. The van der Waals surface area contributed by atoms with Crippen LogP contribution >= 0.6 is 11.6 Å². The van der Waals surface area contributed by atoms with Crippen molar-refractivity contribution >= 4 is 23.2 Å². The van der Waals surface area contributed by atoms with Crippen molar-refractivity contribution < 1.29 is 14.3 Å². The van der Waals surface area contributed by atoms with E-state index in [4.69, 9.17) is 21.1 Å². The lowest BCUT2D eigenvalue weighted by Crippen LogP contribution is -2.13. The lowest BCUT2D eigenvalue weighted by molar-refractivity contribution is 0.102. The van der Waals surface area contributed by atoms with Crippen LogP contribution in [0.3, 0.4) is 0 Å². The highest BCUT2D eigenvalue weighted by Crippen LogP contribution is 2.34. The van der Waals surface area contributed by atoms with Gasteiger partial charge in [-0.1, -0.05) is 25.4 Å². The molecule has 0 unspecified atom stereocenters. The van der Waals surface area contributed by atoms with Gasteiger partial charge in [0.2, 0.25) is 6.79 Å².